The second-order valence-electron chi connectivity index (χ2n) is 6.93. The number of aliphatic imine (C=N–C) groups is 1. The average Bonchev–Trinajstić information content (AvgIpc) is 2.77. The van der Waals surface area contributed by atoms with E-state index in [1.54, 1.807) is 0 Å². The van der Waals surface area contributed by atoms with Crippen LogP contribution in [0.25, 0.3) is 0 Å². The average molecular weight is 486 g/mol. The molecule has 2 aromatic rings. The van der Waals surface area contributed by atoms with Gasteiger partial charge in [-0.3, -0.25) is 0 Å². The number of benzene rings is 2. The third-order valence-electron chi connectivity index (χ3n) is 4.36. The number of nitrogens with one attached hydrogen (secondary N) is 1. The Morgan fingerprint density at radius 3 is 2.48 bits per heavy atom. The van der Waals surface area contributed by atoms with Crippen molar-refractivity contribution >= 4 is 18.0 Å². The summed E-state index contributed by atoms with van der Waals surface area (Å²) in [7, 11) is 1.85. The van der Waals surface area contributed by atoms with Gasteiger partial charge < -0.3 is 29.2 Å². The Labute approximate surface area is 194 Å². The first-order chi connectivity index (χ1) is 15.8. The number of hydrogen-bond acceptors (Lipinski definition) is 7. The van der Waals surface area contributed by atoms with Crippen LogP contribution in [0.2, 0.25) is 5.02 Å². The van der Waals surface area contributed by atoms with E-state index < -0.39 is 6.36 Å². The molecule has 0 aliphatic carbocycles. The summed E-state index contributed by atoms with van der Waals surface area (Å²) in [6, 6.07) is 12.7. The molecule has 0 saturated heterocycles. The third kappa shape index (κ3) is 8.39. The molecule has 0 saturated carbocycles. The first kappa shape index (κ1) is 24.5. The molecule has 0 aromatic heterocycles. The van der Waals surface area contributed by atoms with Crippen molar-refractivity contribution in [3.63, 3.8) is 0 Å². The first-order valence-corrected chi connectivity index (χ1v) is 10.3. The van der Waals surface area contributed by atoms with Crippen molar-refractivity contribution in [2.24, 2.45) is 4.99 Å². The molecular weight excluding hydrogens is 463 g/mol. The summed E-state index contributed by atoms with van der Waals surface area (Å²) in [5, 5.41) is 4.00. The van der Waals surface area contributed by atoms with Crippen LogP contribution in [0.5, 0.6) is 11.5 Å². The van der Waals surface area contributed by atoms with Crippen LogP contribution in [0, 0.1) is 0 Å². The van der Waals surface area contributed by atoms with E-state index in [0.29, 0.717) is 36.5 Å². The molecule has 0 atom stereocenters. The Balaban J connectivity index is 1.45. The Morgan fingerprint density at radius 1 is 1.09 bits per heavy atom. The molecule has 0 spiro atoms. The van der Waals surface area contributed by atoms with Crippen LogP contribution in [-0.2, 0) is 16.0 Å². The summed E-state index contributed by atoms with van der Waals surface area (Å²) >= 11 is 5.92. The monoisotopic (exact) mass is 485 g/mol. The van der Waals surface area contributed by atoms with Crippen LogP contribution in [0.15, 0.2) is 65.0 Å². The summed E-state index contributed by atoms with van der Waals surface area (Å²) in [6.07, 6.45) is -3.40. The highest BCUT2D eigenvalue weighted by molar-refractivity contribution is 6.30. The lowest BCUT2D eigenvalue weighted by Gasteiger charge is -2.28. The zero-order valence-corrected chi connectivity index (χ0v) is 18.5. The number of ether oxygens (including phenoxy) is 4. The predicted molar refractivity (Wildman–Crippen MR) is 117 cm³/mol. The molecule has 1 aliphatic rings. The normalized spacial score (nSPS) is 14.5. The number of rotatable bonds is 10. The van der Waals surface area contributed by atoms with Crippen LogP contribution in [-0.4, -0.2) is 51.3 Å². The molecule has 11 heteroatoms. The van der Waals surface area contributed by atoms with E-state index in [9.17, 15) is 13.2 Å². The van der Waals surface area contributed by atoms with Gasteiger partial charge in [0.15, 0.2) is 12.2 Å². The minimum absolute atomic E-state index is 0.186. The predicted octanol–water partition coefficient (Wildman–Crippen LogP) is 4.54. The fraction of sp³-hybridized carbons (Fsp3) is 0.318. The van der Waals surface area contributed by atoms with Crippen LogP contribution in [0.3, 0.4) is 0 Å². The maximum Gasteiger partial charge on any atom is 0.573 e. The highest BCUT2D eigenvalue weighted by atomic mass is 35.5. The van der Waals surface area contributed by atoms with Crippen molar-refractivity contribution in [3.05, 3.63) is 70.6 Å². The number of halogens is 4. The lowest BCUT2D eigenvalue weighted by molar-refractivity contribution is -0.274. The largest absolute Gasteiger partial charge is 0.573 e. The quantitative estimate of drug-likeness (QED) is 0.303. The molecule has 0 bridgehead atoms. The smallest absolute Gasteiger partial charge is 0.490 e. The van der Waals surface area contributed by atoms with Crippen molar-refractivity contribution in [2.45, 2.75) is 12.9 Å². The van der Waals surface area contributed by atoms with Crippen LogP contribution in [0.1, 0.15) is 5.56 Å². The van der Waals surface area contributed by atoms with Crippen molar-refractivity contribution in [1.82, 2.24) is 10.2 Å². The minimum Gasteiger partial charge on any atom is -0.490 e. The Bertz CT molecular complexity index is 951. The lowest BCUT2D eigenvalue weighted by Crippen LogP contribution is -2.33. The highest BCUT2D eigenvalue weighted by Gasteiger charge is 2.31. The summed E-state index contributed by atoms with van der Waals surface area (Å²) in [4.78, 5) is 6.22. The van der Waals surface area contributed by atoms with Gasteiger partial charge in [0.25, 0.3) is 0 Å². The number of alkyl halides is 3. The maximum atomic E-state index is 12.2. The van der Waals surface area contributed by atoms with Gasteiger partial charge >= 0.3 is 6.36 Å². The van der Waals surface area contributed by atoms with Gasteiger partial charge in [0.1, 0.15) is 31.4 Å². The zero-order valence-electron chi connectivity index (χ0n) is 17.8. The van der Waals surface area contributed by atoms with Crippen LogP contribution in [0.4, 0.5) is 13.2 Å². The molecule has 7 nitrogen and oxygen atoms in total. The van der Waals surface area contributed by atoms with Crippen molar-refractivity contribution in [1.29, 1.82) is 0 Å². The van der Waals surface area contributed by atoms with Crippen molar-refractivity contribution < 1.29 is 32.1 Å². The van der Waals surface area contributed by atoms with E-state index in [4.69, 9.17) is 25.8 Å². The molecule has 0 radical (unpaired) electrons. The van der Waals surface area contributed by atoms with Gasteiger partial charge in [-0.25, -0.2) is 4.99 Å². The molecule has 178 valence electrons. The zero-order chi connectivity index (χ0) is 23.7. The van der Waals surface area contributed by atoms with Crippen LogP contribution >= 0.6 is 11.6 Å². The molecule has 0 fully saturated rings. The van der Waals surface area contributed by atoms with E-state index in [0.717, 1.165) is 11.3 Å². The fourth-order valence-electron chi connectivity index (χ4n) is 2.84. The molecule has 1 aliphatic heterocycles. The first-order valence-electron chi connectivity index (χ1n) is 9.93. The Kier molecular flexibility index (Phi) is 8.67. The number of hydrogen-bond donors (Lipinski definition) is 1. The molecule has 2 aromatic carbocycles. The molecule has 1 heterocycles. The Morgan fingerprint density at radius 2 is 1.79 bits per heavy atom. The summed E-state index contributed by atoms with van der Waals surface area (Å²) in [6.45, 7) is 1.76. The highest BCUT2D eigenvalue weighted by Crippen LogP contribution is 2.24. The summed E-state index contributed by atoms with van der Waals surface area (Å²) < 4.78 is 56.7. The van der Waals surface area contributed by atoms with Gasteiger partial charge in [-0.05, 0) is 42.0 Å². The van der Waals surface area contributed by atoms with Gasteiger partial charge in [-0.2, -0.15) is 0 Å². The standard InChI is InChI=1S/C22H23ClF3N3O4/c1-29-15-31-13-20(27-12-16-2-4-17(23)5-3-16)21(29)28-14-30-10-11-32-18-6-8-19(9-7-18)33-22(24,25)26/h2-9,14,27H,10-13,15H2,1H3. The van der Waals surface area contributed by atoms with Gasteiger partial charge in [-0.1, -0.05) is 23.7 Å². The minimum atomic E-state index is -4.73. The molecule has 1 N–H and O–H groups in total. The lowest BCUT2D eigenvalue weighted by atomic mass is 10.2. The molecule has 3 rings (SSSR count). The van der Waals surface area contributed by atoms with E-state index in [2.05, 4.69) is 15.0 Å². The second-order valence-corrected chi connectivity index (χ2v) is 7.37. The van der Waals surface area contributed by atoms with Crippen LogP contribution < -0.4 is 14.8 Å². The fourth-order valence-corrected chi connectivity index (χ4v) is 2.97. The topological polar surface area (TPSA) is 64.6 Å². The summed E-state index contributed by atoms with van der Waals surface area (Å²) in [5.41, 5.74) is 1.88. The van der Waals surface area contributed by atoms with Gasteiger partial charge in [-0.15, -0.1) is 13.2 Å². The molecular formula is C22H23ClF3N3O4. The van der Waals surface area contributed by atoms with Crippen molar-refractivity contribution in [2.75, 3.05) is 33.6 Å². The molecule has 33 heavy (non-hydrogen) atoms. The van der Waals surface area contributed by atoms with Gasteiger partial charge in [0.2, 0.25) is 0 Å². The van der Waals surface area contributed by atoms with E-state index in [-0.39, 0.29) is 19.0 Å². The van der Waals surface area contributed by atoms with E-state index >= 15 is 0 Å². The molecule has 0 unspecified atom stereocenters. The number of nitrogens with zero attached hydrogens (tertiary/aromatic N) is 2. The van der Waals surface area contributed by atoms with E-state index in [1.807, 2.05) is 36.2 Å². The maximum absolute atomic E-state index is 12.2. The summed E-state index contributed by atoms with van der Waals surface area (Å²) in [5.74, 6) is 0.773. The molecule has 0 amide bonds. The SMILES string of the molecule is CN1COCC(NCc2ccc(Cl)cc2)=C1N=COCCOc1ccc(OC(F)(F)F)cc1. The second kappa shape index (κ2) is 11.7. The van der Waals surface area contributed by atoms with Crippen molar-refractivity contribution in [3.8, 4) is 11.5 Å². The third-order valence-corrected chi connectivity index (χ3v) is 4.61. The van der Waals surface area contributed by atoms with Gasteiger partial charge in [0, 0.05) is 18.6 Å². The van der Waals surface area contributed by atoms with E-state index in [1.165, 1.54) is 30.7 Å². The Hall–Kier alpha value is -3.11. The van der Waals surface area contributed by atoms with Gasteiger partial charge in [0.05, 0.1) is 12.3 Å².